The van der Waals surface area contributed by atoms with E-state index in [0.717, 1.165) is 22.2 Å². The molecule has 0 bridgehead atoms. The Kier molecular flexibility index (Phi) is 3.69. The number of allylic oxidation sites excluding steroid dienone is 1. The molecule has 154 valence electrons. The van der Waals surface area contributed by atoms with E-state index in [9.17, 15) is 14.4 Å². The summed E-state index contributed by atoms with van der Waals surface area (Å²) in [6.45, 7) is 10.5. The van der Waals surface area contributed by atoms with Crippen molar-refractivity contribution in [1.29, 1.82) is 0 Å². The highest BCUT2D eigenvalue weighted by atomic mass is 28.3. The largest absolute Gasteiger partial charge is 0.467 e. The van der Waals surface area contributed by atoms with Crippen molar-refractivity contribution in [2.45, 2.75) is 38.1 Å². The molecule has 3 aliphatic rings. The van der Waals surface area contributed by atoms with Gasteiger partial charge in [0, 0.05) is 34.2 Å². The van der Waals surface area contributed by atoms with Gasteiger partial charge >= 0.3 is 5.97 Å². The Balaban J connectivity index is 1.80. The number of H-pyrrole nitrogens is 1. The molecule has 1 aromatic heterocycles. The van der Waals surface area contributed by atoms with Crippen molar-refractivity contribution >= 4 is 36.6 Å². The lowest BCUT2D eigenvalue weighted by atomic mass is 9.74. The first-order valence-electron chi connectivity index (χ1n) is 10.1. The number of para-hydroxylation sites is 1. The minimum Gasteiger partial charge on any atom is -0.467 e. The second kappa shape index (κ2) is 5.82. The lowest BCUT2D eigenvalue weighted by Crippen LogP contribution is -2.59. The van der Waals surface area contributed by atoms with Crippen LogP contribution in [0.15, 0.2) is 47.2 Å². The maximum Gasteiger partial charge on any atom is 0.333 e. The average molecular weight is 421 g/mol. The van der Waals surface area contributed by atoms with E-state index in [1.165, 1.54) is 7.11 Å². The van der Waals surface area contributed by atoms with Gasteiger partial charge in [-0.15, -0.1) is 0 Å². The van der Waals surface area contributed by atoms with Crippen LogP contribution in [-0.2, 0) is 32.1 Å². The van der Waals surface area contributed by atoms with E-state index in [-0.39, 0.29) is 18.2 Å². The van der Waals surface area contributed by atoms with Crippen molar-refractivity contribution in [3.63, 3.8) is 0 Å². The molecule has 2 aromatic rings. The number of fused-ring (bicyclic) bond motifs is 6. The SMILES string of the molecule is C=C1C(=O)C([Si](C)(C)C)=C2C(=O)N3Cc4[nH]c5ccccc5c4CC3(C(=O)OC)C12. The van der Waals surface area contributed by atoms with Crippen LogP contribution in [0.3, 0.4) is 0 Å². The smallest absolute Gasteiger partial charge is 0.333 e. The van der Waals surface area contributed by atoms with Crippen LogP contribution in [0.4, 0.5) is 0 Å². The molecular weight excluding hydrogens is 396 g/mol. The molecule has 30 heavy (non-hydrogen) atoms. The quantitative estimate of drug-likeness (QED) is 0.460. The van der Waals surface area contributed by atoms with Gasteiger partial charge < -0.3 is 14.6 Å². The summed E-state index contributed by atoms with van der Waals surface area (Å²) in [5.41, 5.74) is 2.44. The van der Waals surface area contributed by atoms with Gasteiger partial charge in [0.1, 0.15) is 0 Å². The van der Waals surface area contributed by atoms with E-state index < -0.39 is 25.5 Å². The Morgan fingerprint density at radius 1 is 1.27 bits per heavy atom. The van der Waals surface area contributed by atoms with Gasteiger partial charge in [-0.25, -0.2) is 4.79 Å². The Labute approximate surface area is 175 Å². The first-order chi connectivity index (χ1) is 14.1. The van der Waals surface area contributed by atoms with Crippen LogP contribution in [0.25, 0.3) is 10.9 Å². The predicted octanol–water partition coefficient (Wildman–Crippen LogP) is 2.91. The summed E-state index contributed by atoms with van der Waals surface area (Å²) < 4.78 is 5.25. The number of nitrogens with zero attached hydrogens (tertiary/aromatic N) is 1. The van der Waals surface area contributed by atoms with Crippen LogP contribution in [0.2, 0.25) is 19.6 Å². The highest BCUT2D eigenvalue weighted by Gasteiger charge is 2.68. The van der Waals surface area contributed by atoms with E-state index >= 15 is 0 Å². The van der Waals surface area contributed by atoms with Crippen LogP contribution >= 0.6 is 0 Å². The Morgan fingerprint density at radius 2 is 1.97 bits per heavy atom. The minimum atomic E-state index is -2.14. The van der Waals surface area contributed by atoms with Crippen molar-refractivity contribution in [3.8, 4) is 0 Å². The summed E-state index contributed by atoms with van der Waals surface area (Å²) in [7, 11) is -0.806. The number of aromatic nitrogens is 1. The molecule has 6 nitrogen and oxygen atoms in total. The molecular formula is C23H24N2O4Si. The minimum absolute atomic E-state index is 0.157. The highest BCUT2D eigenvalue weighted by molar-refractivity contribution is 6.88. The van der Waals surface area contributed by atoms with Crippen molar-refractivity contribution in [2.75, 3.05) is 7.11 Å². The van der Waals surface area contributed by atoms with Gasteiger partial charge in [-0.3, -0.25) is 9.59 Å². The van der Waals surface area contributed by atoms with Gasteiger partial charge in [0.15, 0.2) is 11.3 Å². The van der Waals surface area contributed by atoms with Gasteiger partial charge in [0.25, 0.3) is 5.91 Å². The fourth-order valence-corrected chi connectivity index (χ4v) is 7.53. The number of rotatable bonds is 2. The number of carbonyl (C=O) groups is 3. The number of nitrogens with one attached hydrogen (secondary N) is 1. The van der Waals surface area contributed by atoms with Gasteiger partial charge in [-0.05, 0) is 16.8 Å². The molecule has 1 saturated heterocycles. The topological polar surface area (TPSA) is 79.5 Å². The van der Waals surface area contributed by atoms with E-state index in [0.29, 0.717) is 22.8 Å². The molecule has 1 aromatic carbocycles. The van der Waals surface area contributed by atoms with E-state index in [1.807, 2.05) is 43.9 Å². The molecule has 1 amide bonds. The van der Waals surface area contributed by atoms with Crippen LogP contribution in [-0.4, -0.2) is 48.3 Å². The summed E-state index contributed by atoms with van der Waals surface area (Å²) in [4.78, 5) is 45.3. The molecule has 5 rings (SSSR count). The predicted molar refractivity (Wildman–Crippen MR) is 115 cm³/mol. The average Bonchev–Trinajstić information content (AvgIpc) is 3.28. The van der Waals surface area contributed by atoms with Crippen molar-refractivity contribution < 1.29 is 19.1 Å². The second-order valence-corrected chi connectivity index (χ2v) is 14.4. The normalized spacial score (nSPS) is 25.7. The van der Waals surface area contributed by atoms with Crippen molar-refractivity contribution in [2.24, 2.45) is 5.92 Å². The first-order valence-corrected chi connectivity index (χ1v) is 13.6. The summed E-state index contributed by atoms with van der Waals surface area (Å²) in [6, 6.07) is 7.91. The third-order valence-electron chi connectivity index (χ3n) is 6.81. The molecule has 0 spiro atoms. The first kappa shape index (κ1) is 19.1. The maximum absolute atomic E-state index is 13.7. The third kappa shape index (κ3) is 2.10. The number of ketones is 1. The van der Waals surface area contributed by atoms with E-state index in [4.69, 9.17) is 4.74 Å². The molecule has 1 aliphatic carbocycles. The summed E-state index contributed by atoms with van der Waals surface area (Å²) in [5, 5.41) is 1.63. The van der Waals surface area contributed by atoms with Gasteiger partial charge in [0.2, 0.25) is 0 Å². The molecule has 3 heterocycles. The highest BCUT2D eigenvalue weighted by Crippen LogP contribution is 2.55. The summed E-state index contributed by atoms with van der Waals surface area (Å²) in [5.74, 6) is -1.54. The van der Waals surface area contributed by atoms with Crippen LogP contribution < -0.4 is 0 Å². The number of methoxy groups -OCH3 is 1. The molecule has 2 atom stereocenters. The molecule has 2 aliphatic heterocycles. The number of aromatic amines is 1. The zero-order chi connectivity index (χ0) is 21.6. The second-order valence-electron chi connectivity index (χ2n) is 9.44. The van der Waals surface area contributed by atoms with Crippen LogP contribution in [0.5, 0.6) is 0 Å². The zero-order valence-electron chi connectivity index (χ0n) is 17.6. The number of hydrogen-bond acceptors (Lipinski definition) is 4. The Morgan fingerprint density at radius 3 is 2.63 bits per heavy atom. The molecule has 0 radical (unpaired) electrons. The van der Waals surface area contributed by atoms with E-state index in [2.05, 4.69) is 11.6 Å². The molecule has 7 heteroatoms. The van der Waals surface area contributed by atoms with Gasteiger partial charge in [0.05, 0.1) is 27.6 Å². The van der Waals surface area contributed by atoms with Crippen LogP contribution in [0, 0.1) is 5.92 Å². The fraction of sp³-hybridized carbons (Fsp3) is 0.348. The van der Waals surface area contributed by atoms with Gasteiger partial charge in [-0.1, -0.05) is 44.4 Å². The molecule has 1 fully saturated rings. The zero-order valence-corrected chi connectivity index (χ0v) is 18.6. The van der Waals surface area contributed by atoms with Crippen LogP contribution in [0.1, 0.15) is 11.3 Å². The fourth-order valence-electron chi connectivity index (χ4n) is 5.62. The van der Waals surface area contributed by atoms with Crippen molar-refractivity contribution in [3.05, 3.63) is 58.4 Å². The maximum atomic E-state index is 13.7. The molecule has 1 N–H and O–H groups in total. The number of esters is 1. The Hall–Kier alpha value is -2.93. The summed E-state index contributed by atoms with van der Waals surface area (Å²) >= 11 is 0. The number of benzene rings is 1. The standard InChI is InChI=1S/C23H24N2O4Si/c1-12-18-17(20(19(12)26)30(3,4)5)21(27)25-11-16-14(10-23(18,25)22(28)29-2)13-8-6-7-9-15(13)24-16/h6-9,18,24H,1,10-11H2,2-5H3. The number of ether oxygens (including phenoxy) is 1. The lowest BCUT2D eigenvalue weighted by molar-refractivity contribution is -0.160. The third-order valence-corrected chi connectivity index (χ3v) is 8.81. The van der Waals surface area contributed by atoms with E-state index in [1.54, 1.807) is 4.90 Å². The van der Waals surface area contributed by atoms with Gasteiger partial charge in [-0.2, -0.15) is 0 Å². The molecule has 0 saturated carbocycles. The number of Topliss-reactive ketones (excluding diaryl/α,β-unsaturated/α-hetero) is 1. The Bertz CT molecular complexity index is 1220. The molecule has 2 unspecified atom stereocenters. The van der Waals surface area contributed by atoms with Crippen molar-refractivity contribution in [1.82, 2.24) is 9.88 Å². The number of amides is 1. The lowest BCUT2D eigenvalue weighted by Gasteiger charge is -2.42. The number of hydrogen-bond donors (Lipinski definition) is 1. The number of carbonyl (C=O) groups excluding carboxylic acids is 3. The monoisotopic (exact) mass is 420 g/mol. The summed E-state index contributed by atoms with van der Waals surface area (Å²) in [6.07, 6.45) is 0.296.